The largest absolute Gasteiger partial charge is 0.497 e. The molecule has 2 amide bonds. The number of fused-ring (bicyclic) bond motifs is 1. The summed E-state index contributed by atoms with van der Waals surface area (Å²) in [5.74, 6) is 1.10. The summed E-state index contributed by atoms with van der Waals surface area (Å²) in [7, 11) is 1.64. The molecular formula is C33H39ClN4O6. The number of amides is 2. The minimum absolute atomic E-state index is 0.0414. The Morgan fingerprint density at radius 2 is 1.77 bits per heavy atom. The van der Waals surface area contributed by atoms with E-state index in [0.29, 0.717) is 56.8 Å². The second kappa shape index (κ2) is 13.3. The third-order valence-corrected chi connectivity index (χ3v) is 8.91. The van der Waals surface area contributed by atoms with Gasteiger partial charge in [0.15, 0.2) is 0 Å². The van der Waals surface area contributed by atoms with Gasteiger partial charge in [0.25, 0.3) is 5.56 Å². The monoisotopic (exact) mass is 622 g/mol. The Kier molecular flexibility index (Phi) is 9.48. The fourth-order valence-electron chi connectivity index (χ4n) is 6.18. The van der Waals surface area contributed by atoms with E-state index in [9.17, 15) is 19.2 Å². The van der Waals surface area contributed by atoms with E-state index in [-0.39, 0.29) is 35.0 Å². The maximum Gasteiger partial charge on any atom is 0.331 e. The highest BCUT2D eigenvalue weighted by atomic mass is 35.5. The lowest BCUT2D eigenvalue weighted by molar-refractivity contribution is -0.136. The van der Waals surface area contributed by atoms with E-state index >= 15 is 0 Å². The van der Waals surface area contributed by atoms with Crippen LogP contribution in [0, 0.1) is 0 Å². The predicted octanol–water partition coefficient (Wildman–Crippen LogP) is 3.94. The smallest absolute Gasteiger partial charge is 0.331 e. The molecule has 234 valence electrons. The number of methoxy groups -OCH3 is 1. The topological polar surface area (TPSA) is 103 Å². The third kappa shape index (κ3) is 6.26. The first kappa shape index (κ1) is 31.4. The number of carbonyl (C=O) groups excluding carboxylic acids is 2. The predicted molar refractivity (Wildman–Crippen MR) is 169 cm³/mol. The Morgan fingerprint density at radius 1 is 1.02 bits per heavy atom. The second-order valence-electron chi connectivity index (χ2n) is 11.5. The van der Waals surface area contributed by atoms with Gasteiger partial charge in [0, 0.05) is 43.5 Å². The van der Waals surface area contributed by atoms with Crippen molar-refractivity contribution in [3.05, 3.63) is 79.6 Å². The van der Waals surface area contributed by atoms with Crippen molar-refractivity contribution >= 4 is 23.4 Å². The highest BCUT2D eigenvalue weighted by molar-refractivity contribution is 6.34. The average molecular weight is 623 g/mol. The van der Waals surface area contributed by atoms with Crippen molar-refractivity contribution in [3.63, 3.8) is 0 Å². The van der Waals surface area contributed by atoms with Gasteiger partial charge in [0.1, 0.15) is 18.0 Å². The van der Waals surface area contributed by atoms with E-state index in [2.05, 4.69) is 0 Å². The van der Waals surface area contributed by atoms with Crippen LogP contribution >= 0.6 is 11.6 Å². The second-order valence-corrected chi connectivity index (χ2v) is 11.9. The van der Waals surface area contributed by atoms with Gasteiger partial charge in [0.2, 0.25) is 11.8 Å². The molecular weight excluding hydrogens is 584 g/mol. The van der Waals surface area contributed by atoms with Gasteiger partial charge in [-0.3, -0.25) is 23.5 Å². The quantitative estimate of drug-likeness (QED) is 0.377. The molecule has 10 nitrogen and oxygen atoms in total. The number of likely N-dealkylation sites (tertiary alicyclic amines) is 1. The molecule has 1 fully saturated rings. The van der Waals surface area contributed by atoms with Crippen LogP contribution in [0.25, 0.3) is 11.1 Å². The summed E-state index contributed by atoms with van der Waals surface area (Å²) < 4.78 is 13.4. The number of aromatic nitrogens is 2. The van der Waals surface area contributed by atoms with Crippen molar-refractivity contribution in [2.24, 2.45) is 0 Å². The molecule has 0 aliphatic carbocycles. The van der Waals surface area contributed by atoms with Crippen molar-refractivity contribution in [1.29, 1.82) is 0 Å². The first-order valence-electron chi connectivity index (χ1n) is 15.1. The number of hydrogen-bond donors (Lipinski definition) is 0. The van der Waals surface area contributed by atoms with E-state index in [4.69, 9.17) is 21.1 Å². The fourth-order valence-corrected chi connectivity index (χ4v) is 6.47. The highest BCUT2D eigenvalue weighted by Crippen LogP contribution is 2.34. The Hall–Kier alpha value is -4.05. The summed E-state index contributed by atoms with van der Waals surface area (Å²) in [6.07, 6.45) is 3.84. The lowest BCUT2D eigenvalue weighted by atomic mass is 10.0. The maximum atomic E-state index is 13.5. The molecule has 2 aliphatic heterocycles. The number of nitrogens with zero attached hydrogens (tertiary/aromatic N) is 4. The van der Waals surface area contributed by atoms with Crippen LogP contribution in [-0.4, -0.2) is 70.1 Å². The van der Waals surface area contributed by atoms with Gasteiger partial charge in [-0.15, -0.1) is 0 Å². The van der Waals surface area contributed by atoms with E-state index in [1.165, 1.54) is 10.8 Å². The zero-order chi connectivity index (χ0) is 31.5. The van der Waals surface area contributed by atoms with Gasteiger partial charge in [-0.05, 0) is 69.4 Å². The minimum atomic E-state index is -0.555. The van der Waals surface area contributed by atoms with Crippen LogP contribution in [0.15, 0.2) is 52.2 Å². The lowest BCUT2D eigenvalue weighted by Gasteiger charge is -2.38. The third-order valence-electron chi connectivity index (χ3n) is 8.52. The van der Waals surface area contributed by atoms with Crippen LogP contribution in [0.3, 0.4) is 0 Å². The van der Waals surface area contributed by atoms with E-state index < -0.39 is 17.3 Å². The number of ether oxygens (including phenoxy) is 2. The summed E-state index contributed by atoms with van der Waals surface area (Å²) in [6, 6.07) is 10.6. The Bertz CT molecular complexity index is 1670. The molecule has 11 heteroatoms. The number of benzene rings is 2. The lowest BCUT2D eigenvalue weighted by Crippen LogP contribution is -2.50. The van der Waals surface area contributed by atoms with Crippen molar-refractivity contribution in [3.8, 4) is 22.6 Å². The standard InChI is InChI=1S/C33H39ClN4O6/c1-5-44-28-8-6-7-26(31(28)34)27-19-36(33(42)38(21(2)3)32(27)41)20-30(40)35-14-12-24(13-15-35)37-16-11-23-17-25(43-4)10-9-22(23)18-29(37)39/h6-10,17,19,21,24H,5,11-16,18,20H2,1-4H3. The number of piperidine rings is 1. The summed E-state index contributed by atoms with van der Waals surface area (Å²) in [4.78, 5) is 57.2. The molecule has 2 aromatic carbocycles. The average Bonchev–Trinajstić information content (AvgIpc) is 3.17. The Balaban J connectivity index is 1.31. The van der Waals surface area contributed by atoms with Gasteiger partial charge in [-0.25, -0.2) is 4.79 Å². The van der Waals surface area contributed by atoms with Crippen LogP contribution in [0.4, 0.5) is 0 Å². The summed E-state index contributed by atoms with van der Waals surface area (Å²) >= 11 is 6.61. The van der Waals surface area contributed by atoms with Crippen molar-refractivity contribution < 1.29 is 19.1 Å². The molecule has 0 saturated carbocycles. The van der Waals surface area contributed by atoms with Gasteiger partial charge in [0.05, 0.1) is 30.7 Å². The molecule has 3 aromatic rings. The molecule has 1 aromatic heterocycles. The zero-order valence-electron chi connectivity index (χ0n) is 25.7. The van der Waals surface area contributed by atoms with Gasteiger partial charge < -0.3 is 19.3 Å². The minimum Gasteiger partial charge on any atom is -0.497 e. The summed E-state index contributed by atoms with van der Waals surface area (Å²) in [5, 5.41) is 0.269. The number of carbonyl (C=O) groups is 2. The molecule has 0 N–H and O–H groups in total. The highest BCUT2D eigenvalue weighted by Gasteiger charge is 2.32. The number of halogens is 1. The van der Waals surface area contributed by atoms with Crippen LogP contribution in [0.5, 0.6) is 11.5 Å². The SMILES string of the molecule is CCOc1cccc(-c2cn(CC(=O)N3CCC(N4CCc5cc(OC)ccc5CC4=O)CC3)c(=O)n(C(C)C)c2=O)c1Cl. The molecule has 5 rings (SSSR count). The van der Waals surface area contributed by atoms with Crippen LogP contribution < -0.4 is 20.7 Å². The molecule has 0 unspecified atom stereocenters. The van der Waals surface area contributed by atoms with Gasteiger partial charge >= 0.3 is 5.69 Å². The summed E-state index contributed by atoms with van der Waals surface area (Å²) in [5.41, 5.74) is 1.78. The molecule has 0 atom stereocenters. The first-order chi connectivity index (χ1) is 21.1. The molecule has 0 radical (unpaired) electrons. The van der Waals surface area contributed by atoms with Gasteiger partial charge in [-0.1, -0.05) is 29.8 Å². The Morgan fingerprint density at radius 3 is 2.45 bits per heavy atom. The molecule has 1 saturated heterocycles. The molecule has 0 spiro atoms. The van der Waals surface area contributed by atoms with Crippen LogP contribution in [0.2, 0.25) is 5.02 Å². The Labute approximate surface area is 261 Å². The van der Waals surface area contributed by atoms with E-state index in [0.717, 1.165) is 27.9 Å². The first-order valence-corrected chi connectivity index (χ1v) is 15.5. The fraction of sp³-hybridized carbons (Fsp3) is 0.455. The zero-order valence-corrected chi connectivity index (χ0v) is 26.4. The molecule has 3 heterocycles. The van der Waals surface area contributed by atoms with E-state index in [1.807, 2.05) is 30.0 Å². The molecule has 0 bridgehead atoms. The van der Waals surface area contributed by atoms with E-state index in [1.54, 1.807) is 44.1 Å². The van der Waals surface area contributed by atoms with Crippen molar-refractivity contribution in [1.82, 2.24) is 18.9 Å². The molecule has 44 heavy (non-hydrogen) atoms. The van der Waals surface area contributed by atoms with Gasteiger partial charge in [-0.2, -0.15) is 0 Å². The van der Waals surface area contributed by atoms with Crippen molar-refractivity contribution in [2.45, 2.75) is 65.1 Å². The number of rotatable bonds is 8. The normalized spacial score (nSPS) is 15.7. The molecule has 2 aliphatic rings. The summed E-state index contributed by atoms with van der Waals surface area (Å²) in [6.45, 7) is 7.10. The maximum absolute atomic E-state index is 13.5. The number of hydrogen-bond acceptors (Lipinski definition) is 6. The van der Waals surface area contributed by atoms with Crippen molar-refractivity contribution in [2.75, 3.05) is 33.4 Å². The van der Waals surface area contributed by atoms with Crippen LogP contribution in [0.1, 0.15) is 50.8 Å². The van der Waals surface area contributed by atoms with Crippen LogP contribution in [-0.2, 0) is 29.0 Å².